The summed E-state index contributed by atoms with van der Waals surface area (Å²) in [6, 6.07) is -0.849. The molecule has 0 saturated carbocycles. The number of nitrogens with one attached hydrogen (secondary N) is 1. The Bertz CT molecular complexity index is 1460. The van der Waals surface area contributed by atoms with Gasteiger partial charge in [0.15, 0.2) is 6.29 Å². The lowest BCUT2D eigenvalue weighted by Crippen LogP contribution is -2.60. The van der Waals surface area contributed by atoms with Gasteiger partial charge in [-0.05, 0) is 89.9 Å². The van der Waals surface area contributed by atoms with Crippen molar-refractivity contribution in [3.8, 4) is 0 Å². The van der Waals surface area contributed by atoms with Crippen LogP contribution in [0.2, 0.25) is 0 Å². The van der Waals surface area contributed by atoms with Gasteiger partial charge in [0.25, 0.3) is 0 Å². The zero-order valence-electron chi connectivity index (χ0n) is 44.2. The molecule has 0 spiro atoms. The fourth-order valence-electron chi connectivity index (χ4n) is 8.15. The Hall–Kier alpha value is -3.15. The maximum atomic E-state index is 13.0. The molecule has 9 nitrogen and oxygen atoms in total. The summed E-state index contributed by atoms with van der Waals surface area (Å²) in [4.78, 5) is 13.0. The number of aliphatic hydroxyl groups is 5. The minimum absolute atomic E-state index is 0.222. The molecule has 0 aromatic carbocycles. The average Bonchev–Trinajstić information content (AvgIpc) is 3.36. The third-order valence-corrected chi connectivity index (χ3v) is 12.6. The van der Waals surface area contributed by atoms with Crippen LogP contribution in [-0.4, -0.2) is 87.5 Å². The van der Waals surface area contributed by atoms with Gasteiger partial charge in [-0.25, -0.2) is 0 Å². The number of allylic oxidation sites excluding steroid dienone is 17. The molecule has 7 atom stereocenters. The van der Waals surface area contributed by atoms with Crippen LogP contribution < -0.4 is 5.32 Å². The zero-order chi connectivity index (χ0) is 50.8. The van der Waals surface area contributed by atoms with Crippen LogP contribution in [0.4, 0.5) is 0 Å². The first kappa shape index (κ1) is 64.9. The second-order valence-electron chi connectivity index (χ2n) is 19.0. The van der Waals surface area contributed by atoms with Crippen molar-refractivity contribution in [2.24, 2.45) is 0 Å². The van der Waals surface area contributed by atoms with Gasteiger partial charge in [0.2, 0.25) is 5.91 Å². The van der Waals surface area contributed by atoms with Crippen LogP contribution in [0.1, 0.15) is 213 Å². The molecule has 1 heterocycles. The second kappa shape index (κ2) is 49.4. The molecule has 0 aliphatic carbocycles. The summed E-state index contributed by atoms with van der Waals surface area (Å²) in [5.41, 5.74) is 0. The molecule has 1 amide bonds. The molecule has 400 valence electrons. The zero-order valence-corrected chi connectivity index (χ0v) is 44.2. The van der Waals surface area contributed by atoms with Crippen molar-refractivity contribution in [2.45, 2.75) is 256 Å². The van der Waals surface area contributed by atoms with E-state index in [1.165, 1.54) is 103 Å². The fourth-order valence-corrected chi connectivity index (χ4v) is 8.15. The SMILES string of the molecule is CC/C=C\C/C=C\C/C=C\C/C=C\C/C=C\C/C=C\C/C=C\CCCCCC(=O)NC(COC1OC(CO)C(O)C(O)C1O)C(O)/C=C/CC/C=C/CCCCCCCCCCCCCCCCCC. The lowest BCUT2D eigenvalue weighted by Gasteiger charge is -2.40. The maximum absolute atomic E-state index is 13.0. The van der Waals surface area contributed by atoms with Gasteiger partial charge in [0, 0.05) is 6.42 Å². The third kappa shape index (κ3) is 38.5. The highest BCUT2D eigenvalue weighted by Gasteiger charge is 2.44. The van der Waals surface area contributed by atoms with Crippen molar-refractivity contribution in [2.75, 3.05) is 13.2 Å². The van der Waals surface area contributed by atoms with Gasteiger partial charge in [-0.3, -0.25) is 4.79 Å². The van der Waals surface area contributed by atoms with Crippen molar-refractivity contribution < 1.29 is 39.8 Å². The van der Waals surface area contributed by atoms with E-state index >= 15 is 0 Å². The summed E-state index contributed by atoms with van der Waals surface area (Å²) >= 11 is 0. The molecule has 1 rings (SSSR count). The van der Waals surface area contributed by atoms with E-state index in [4.69, 9.17) is 9.47 Å². The third-order valence-electron chi connectivity index (χ3n) is 12.6. The Morgan fingerprint density at radius 3 is 1.37 bits per heavy atom. The molecule has 1 saturated heterocycles. The van der Waals surface area contributed by atoms with Crippen LogP contribution in [0.3, 0.4) is 0 Å². The van der Waals surface area contributed by atoms with Gasteiger partial charge in [-0.1, -0.05) is 226 Å². The number of rotatable bonds is 46. The molecule has 0 aromatic rings. The smallest absolute Gasteiger partial charge is 0.220 e. The number of unbranched alkanes of at least 4 members (excludes halogenated alkanes) is 20. The van der Waals surface area contributed by atoms with Gasteiger partial charge in [0.1, 0.15) is 24.4 Å². The van der Waals surface area contributed by atoms with Crippen LogP contribution in [0.5, 0.6) is 0 Å². The highest BCUT2D eigenvalue weighted by atomic mass is 16.7. The molecule has 0 bridgehead atoms. The van der Waals surface area contributed by atoms with Crippen molar-refractivity contribution in [3.63, 3.8) is 0 Å². The predicted octanol–water partition coefficient (Wildman–Crippen LogP) is 13.8. The number of ether oxygens (including phenoxy) is 2. The minimum atomic E-state index is -1.59. The first-order valence-electron chi connectivity index (χ1n) is 28.1. The van der Waals surface area contributed by atoms with Gasteiger partial charge >= 0.3 is 0 Å². The lowest BCUT2D eigenvalue weighted by atomic mass is 9.99. The van der Waals surface area contributed by atoms with Crippen molar-refractivity contribution in [1.29, 1.82) is 0 Å². The molecule has 1 aliphatic rings. The summed E-state index contributed by atoms with van der Waals surface area (Å²) in [6.45, 7) is 3.63. The molecule has 9 heteroatoms. The molecule has 1 fully saturated rings. The van der Waals surface area contributed by atoms with Crippen LogP contribution in [0, 0.1) is 0 Å². The molecule has 0 aromatic heterocycles. The quantitative estimate of drug-likeness (QED) is 0.0261. The molecule has 7 unspecified atom stereocenters. The van der Waals surface area contributed by atoms with E-state index in [0.717, 1.165) is 83.5 Å². The lowest BCUT2D eigenvalue weighted by molar-refractivity contribution is -0.302. The number of hydrogen-bond acceptors (Lipinski definition) is 8. The predicted molar refractivity (Wildman–Crippen MR) is 294 cm³/mol. The van der Waals surface area contributed by atoms with E-state index in [0.29, 0.717) is 12.8 Å². The van der Waals surface area contributed by atoms with Crippen LogP contribution in [-0.2, 0) is 14.3 Å². The Morgan fingerprint density at radius 2 is 0.900 bits per heavy atom. The molecular weight excluding hydrogens is 875 g/mol. The molecule has 6 N–H and O–H groups in total. The van der Waals surface area contributed by atoms with Crippen LogP contribution in [0.15, 0.2) is 109 Å². The second-order valence-corrected chi connectivity index (χ2v) is 19.0. The summed E-state index contributed by atoms with van der Waals surface area (Å²) in [5, 5.41) is 54.4. The van der Waals surface area contributed by atoms with E-state index in [2.05, 4.69) is 116 Å². The average molecular weight is 978 g/mol. The van der Waals surface area contributed by atoms with E-state index in [9.17, 15) is 30.3 Å². The van der Waals surface area contributed by atoms with Gasteiger partial charge < -0.3 is 40.3 Å². The van der Waals surface area contributed by atoms with Crippen LogP contribution >= 0.6 is 0 Å². The fraction of sp³-hybridized carbons (Fsp3) is 0.689. The number of carbonyl (C=O) groups is 1. The first-order chi connectivity index (χ1) is 34.3. The molecular formula is C61H103NO8. The monoisotopic (exact) mass is 978 g/mol. The Kier molecular flexibility index (Phi) is 45.8. The number of amides is 1. The van der Waals surface area contributed by atoms with Gasteiger partial charge in [-0.2, -0.15) is 0 Å². The topological polar surface area (TPSA) is 149 Å². The highest BCUT2D eigenvalue weighted by molar-refractivity contribution is 5.76. The van der Waals surface area contributed by atoms with E-state index in [-0.39, 0.29) is 12.5 Å². The Labute approximate surface area is 427 Å². The Morgan fingerprint density at radius 1 is 0.500 bits per heavy atom. The summed E-state index contributed by atoms with van der Waals surface area (Å²) in [6.07, 6.45) is 65.7. The first-order valence-corrected chi connectivity index (χ1v) is 28.1. The van der Waals surface area contributed by atoms with E-state index < -0.39 is 49.5 Å². The minimum Gasteiger partial charge on any atom is -0.394 e. The van der Waals surface area contributed by atoms with Crippen molar-refractivity contribution in [1.82, 2.24) is 5.32 Å². The number of carbonyl (C=O) groups excluding carboxylic acids is 1. The standard InChI is InChI=1S/C61H103NO8/c1-3-5-7-9-11-13-15-17-19-21-23-25-27-28-29-31-33-35-37-39-41-43-45-47-49-51-57(65)62-54(53-69-61-60(68)59(67)58(66)56(52-63)70-61)55(64)50-48-46-44-42-40-38-36-34-32-30-26-24-22-20-18-16-14-12-10-8-6-4-2/h5,7,11,13,17,19,23,25,28-29,33,35,39-42,48,50,54-56,58-61,63-64,66-68H,3-4,6,8-10,12,14-16,18,20-22,24,26-27,30-32,34,36-38,43-47,49,51-53H2,1-2H3,(H,62,65)/b7-5-,13-11-,19-17-,25-23-,29-28-,35-33-,41-39-,42-40+,50-48+. The van der Waals surface area contributed by atoms with Crippen molar-refractivity contribution in [3.05, 3.63) is 109 Å². The summed E-state index contributed by atoms with van der Waals surface area (Å²) in [7, 11) is 0. The van der Waals surface area contributed by atoms with Crippen LogP contribution in [0.25, 0.3) is 0 Å². The van der Waals surface area contributed by atoms with Crippen molar-refractivity contribution >= 4 is 5.91 Å². The molecule has 70 heavy (non-hydrogen) atoms. The molecule has 1 aliphatic heterocycles. The van der Waals surface area contributed by atoms with E-state index in [1.54, 1.807) is 6.08 Å². The summed E-state index contributed by atoms with van der Waals surface area (Å²) < 4.78 is 11.2. The number of aliphatic hydroxyl groups excluding tert-OH is 5. The van der Waals surface area contributed by atoms with Gasteiger partial charge in [-0.15, -0.1) is 0 Å². The molecule has 0 radical (unpaired) electrons. The van der Waals surface area contributed by atoms with Gasteiger partial charge in [0.05, 0.1) is 25.4 Å². The van der Waals surface area contributed by atoms with E-state index in [1.807, 2.05) is 6.08 Å². The highest BCUT2D eigenvalue weighted by Crippen LogP contribution is 2.23. The largest absolute Gasteiger partial charge is 0.394 e. The maximum Gasteiger partial charge on any atom is 0.220 e. The Balaban J connectivity index is 2.33. The normalized spacial score (nSPS) is 20.2. The summed E-state index contributed by atoms with van der Waals surface area (Å²) in [5.74, 6) is -0.222. The number of hydrogen-bond donors (Lipinski definition) is 6.